The van der Waals surface area contributed by atoms with E-state index in [9.17, 15) is 24.3 Å². The van der Waals surface area contributed by atoms with Crippen molar-refractivity contribution in [1.29, 1.82) is 5.26 Å². The van der Waals surface area contributed by atoms with Gasteiger partial charge in [0.05, 0.1) is 17.3 Å². The number of carbonyl (C=O) groups is 4. The first-order valence-corrected chi connectivity index (χ1v) is 16.2. The zero-order chi connectivity index (χ0) is 37.5. The molecule has 1 heterocycles. The van der Waals surface area contributed by atoms with Crippen molar-refractivity contribution in [3.8, 4) is 6.07 Å². The number of urea groups is 1. The number of anilines is 2. The lowest BCUT2D eigenvalue weighted by Gasteiger charge is -2.39. The molecule has 0 radical (unpaired) electrons. The quantitative estimate of drug-likeness (QED) is 0.167. The molecule has 13 heteroatoms. The number of nitrogens with zero attached hydrogens (tertiary/aromatic N) is 5. The molecule has 0 saturated heterocycles. The number of ether oxygens (including phenoxy) is 2. The zero-order valence-electron chi connectivity index (χ0n) is 29.7. The number of carboxylic acids is 1. The van der Waals surface area contributed by atoms with Crippen molar-refractivity contribution in [2.75, 3.05) is 23.9 Å². The van der Waals surface area contributed by atoms with Crippen LogP contribution in [0.15, 0.2) is 85.2 Å². The second-order valence-corrected chi connectivity index (χ2v) is 13.8. The van der Waals surface area contributed by atoms with E-state index in [1.165, 1.54) is 4.90 Å². The molecule has 4 rings (SSSR count). The van der Waals surface area contributed by atoms with Crippen LogP contribution in [0.4, 0.5) is 25.8 Å². The van der Waals surface area contributed by atoms with Crippen LogP contribution in [0.3, 0.4) is 0 Å². The number of hydrogen-bond acceptors (Lipinski definition) is 9. The lowest BCUT2D eigenvalue weighted by molar-refractivity contribution is -0.139. The summed E-state index contributed by atoms with van der Waals surface area (Å²) >= 11 is 0. The number of hydrazine groups is 1. The Hall–Kier alpha value is -6.16. The van der Waals surface area contributed by atoms with Gasteiger partial charge in [-0.25, -0.2) is 19.2 Å². The third kappa shape index (κ3) is 10.2. The Balaban J connectivity index is 1.69. The van der Waals surface area contributed by atoms with Gasteiger partial charge in [0.15, 0.2) is 6.04 Å². The lowest BCUT2D eigenvalue weighted by Crippen LogP contribution is -2.56. The van der Waals surface area contributed by atoms with Crippen LogP contribution in [0, 0.1) is 11.3 Å². The molecule has 0 saturated carbocycles. The van der Waals surface area contributed by atoms with Crippen molar-refractivity contribution >= 4 is 46.3 Å². The van der Waals surface area contributed by atoms with Gasteiger partial charge >= 0.3 is 24.2 Å². The summed E-state index contributed by atoms with van der Waals surface area (Å²) in [6, 6.07) is 20.0. The largest absolute Gasteiger partial charge is 0.479 e. The molecule has 266 valence electrons. The van der Waals surface area contributed by atoms with Gasteiger partial charge in [-0.3, -0.25) is 9.99 Å². The first-order valence-electron chi connectivity index (χ1n) is 16.2. The minimum Gasteiger partial charge on any atom is -0.479 e. The molecule has 1 aromatic heterocycles. The van der Waals surface area contributed by atoms with Crippen LogP contribution in [0.25, 0.3) is 10.8 Å². The van der Waals surface area contributed by atoms with Gasteiger partial charge in [0.1, 0.15) is 11.2 Å². The number of rotatable bonds is 9. The molecular weight excluding hydrogens is 652 g/mol. The molecule has 0 aliphatic carbocycles. The van der Waals surface area contributed by atoms with Gasteiger partial charge < -0.3 is 24.8 Å². The fourth-order valence-electron chi connectivity index (χ4n) is 4.99. The zero-order valence-corrected chi connectivity index (χ0v) is 29.7. The smallest absolute Gasteiger partial charge is 0.439 e. The maximum atomic E-state index is 13.8. The van der Waals surface area contributed by atoms with E-state index in [0.29, 0.717) is 34.6 Å². The van der Waals surface area contributed by atoms with Gasteiger partial charge in [-0.2, -0.15) is 5.26 Å². The second kappa shape index (κ2) is 15.6. The van der Waals surface area contributed by atoms with Crippen LogP contribution in [-0.2, 0) is 20.7 Å². The maximum Gasteiger partial charge on any atom is 0.439 e. The highest BCUT2D eigenvalue weighted by molar-refractivity contribution is 5.94. The monoisotopic (exact) mass is 694 g/mol. The first-order chi connectivity index (χ1) is 24.0. The number of likely N-dealkylation sites (N-methyl/N-ethyl adjacent to an activating group) is 1. The SMILES string of the molecule is CN(CCc1ccc(C(C(=O)O)N(c2ccc3cnccc3c2)N(C(=O)OC(C)(C)C)C(=O)OC(C)(C)C)cc1)C(=O)Nc1cccc(C#N)c1. The standard InChI is InChI=1S/C38H42N6O7/c1-37(2,3)50-35(48)44(36(49)51-38(4,5)6)43(31-16-15-29-24-40-19-17-28(29)22-31)32(33(45)46)27-13-11-25(12-14-27)18-20-42(7)34(47)41-30-10-8-9-26(21-30)23-39/h8-17,19,21-22,24,32H,18,20H2,1-7H3,(H,41,47)(H,45,46). The minimum absolute atomic E-state index is 0.204. The van der Waals surface area contributed by atoms with Crippen molar-refractivity contribution in [3.05, 3.63) is 102 Å². The number of carboxylic acid groups (broad SMARTS) is 1. The Labute approximate surface area is 297 Å². The number of pyridine rings is 1. The first kappa shape index (κ1) is 37.7. The van der Waals surface area contributed by atoms with Crippen LogP contribution >= 0.6 is 0 Å². The van der Waals surface area contributed by atoms with Crippen molar-refractivity contribution < 1.29 is 33.8 Å². The van der Waals surface area contributed by atoms with E-state index in [4.69, 9.17) is 14.7 Å². The highest BCUT2D eigenvalue weighted by Gasteiger charge is 2.42. The van der Waals surface area contributed by atoms with Gasteiger partial charge in [0.2, 0.25) is 0 Å². The van der Waals surface area contributed by atoms with Gasteiger partial charge in [0.25, 0.3) is 0 Å². The molecule has 1 unspecified atom stereocenters. The number of carbonyl (C=O) groups excluding carboxylic acids is 3. The fraction of sp³-hybridized carbons (Fsp3) is 0.316. The van der Waals surface area contributed by atoms with Gasteiger partial charge in [-0.15, -0.1) is 5.01 Å². The summed E-state index contributed by atoms with van der Waals surface area (Å²) in [4.78, 5) is 59.3. The number of aromatic nitrogens is 1. The Bertz CT molecular complexity index is 1920. The third-order valence-corrected chi connectivity index (χ3v) is 7.34. The number of aliphatic carboxylic acids is 1. The van der Waals surface area contributed by atoms with Crippen molar-refractivity contribution in [2.45, 2.75) is 65.2 Å². The van der Waals surface area contributed by atoms with Crippen LogP contribution in [-0.4, -0.2) is 69.0 Å². The number of imide groups is 1. The highest BCUT2D eigenvalue weighted by Crippen LogP contribution is 2.34. The molecule has 0 aliphatic rings. The summed E-state index contributed by atoms with van der Waals surface area (Å²) in [5.41, 5.74) is 0.0969. The number of fused-ring (bicyclic) bond motifs is 1. The van der Waals surface area contributed by atoms with E-state index in [2.05, 4.69) is 10.3 Å². The summed E-state index contributed by atoms with van der Waals surface area (Å²) < 4.78 is 11.2. The Morgan fingerprint density at radius 2 is 1.53 bits per heavy atom. The van der Waals surface area contributed by atoms with Crippen LogP contribution in [0.5, 0.6) is 0 Å². The second-order valence-electron chi connectivity index (χ2n) is 13.8. The van der Waals surface area contributed by atoms with Crippen molar-refractivity contribution in [1.82, 2.24) is 14.9 Å². The van der Waals surface area contributed by atoms with E-state index < -0.39 is 35.4 Å². The van der Waals surface area contributed by atoms with Crippen molar-refractivity contribution in [2.24, 2.45) is 0 Å². The predicted molar refractivity (Wildman–Crippen MR) is 192 cm³/mol. The number of amides is 4. The average Bonchev–Trinajstić information content (AvgIpc) is 3.05. The predicted octanol–water partition coefficient (Wildman–Crippen LogP) is 7.53. The summed E-state index contributed by atoms with van der Waals surface area (Å²) in [6.45, 7) is 10.1. The molecular formula is C38H42N6O7. The van der Waals surface area contributed by atoms with Gasteiger partial charge in [-0.1, -0.05) is 36.4 Å². The number of nitrogens with one attached hydrogen (secondary N) is 1. The normalized spacial score (nSPS) is 11.9. The minimum atomic E-state index is -1.60. The average molecular weight is 695 g/mol. The van der Waals surface area contributed by atoms with E-state index in [1.807, 2.05) is 6.07 Å². The Morgan fingerprint density at radius 1 is 0.882 bits per heavy atom. The highest BCUT2D eigenvalue weighted by atomic mass is 16.6. The molecule has 13 nitrogen and oxygen atoms in total. The summed E-state index contributed by atoms with van der Waals surface area (Å²) in [5, 5.41) is 25.8. The molecule has 4 amide bonds. The van der Waals surface area contributed by atoms with E-state index in [-0.39, 0.29) is 17.3 Å². The van der Waals surface area contributed by atoms with Crippen LogP contribution in [0.1, 0.15) is 64.3 Å². The molecule has 0 bridgehead atoms. The van der Waals surface area contributed by atoms with Crippen molar-refractivity contribution in [3.63, 3.8) is 0 Å². The number of nitriles is 1. The molecule has 4 aromatic rings. The lowest BCUT2D eigenvalue weighted by atomic mass is 10.0. The molecule has 51 heavy (non-hydrogen) atoms. The van der Waals surface area contributed by atoms with E-state index >= 15 is 0 Å². The molecule has 0 aliphatic heterocycles. The van der Waals surface area contributed by atoms with Crippen LogP contribution in [0.2, 0.25) is 0 Å². The molecule has 2 N–H and O–H groups in total. The Kier molecular flexibility index (Phi) is 11.5. The topological polar surface area (TPSA) is 165 Å². The fourth-order valence-corrected chi connectivity index (χ4v) is 4.99. The Morgan fingerprint density at radius 3 is 2.12 bits per heavy atom. The molecule has 1 atom stereocenters. The maximum absolute atomic E-state index is 13.8. The summed E-state index contributed by atoms with van der Waals surface area (Å²) in [6.07, 6.45) is 1.40. The molecule has 0 spiro atoms. The third-order valence-electron chi connectivity index (χ3n) is 7.34. The molecule has 3 aromatic carbocycles. The van der Waals surface area contributed by atoms with Gasteiger partial charge in [0, 0.05) is 37.1 Å². The molecule has 0 fully saturated rings. The summed E-state index contributed by atoms with van der Waals surface area (Å²) in [7, 11) is 1.64. The van der Waals surface area contributed by atoms with E-state index in [1.54, 1.807) is 134 Å². The van der Waals surface area contributed by atoms with E-state index in [0.717, 1.165) is 16.0 Å². The van der Waals surface area contributed by atoms with Gasteiger partial charge in [-0.05, 0) is 101 Å². The summed E-state index contributed by atoms with van der Waals surface area (Å²) in [5.74, 6) is -1.36. The number of benzene rings is 3. The number of hydrogen-bond donors (Lipinski definition) is 2. The van der Waals surface area contributed by atoms with Crippen LogP contribution < -0.4 is 10.3 Å².